The maximum absolute atomic E-state index is 5.44. The number of fused-ring (bicyclic) bond motifs is 2. The zero-order chi connectivity index (χ0) is 11.9. The number of aromatic nitrogens is 2. The van der Waals surface area contributed by atoms with E-state index in [0.717, 1.165) is 30.4 Å². The van der Waals surface area contributed by atoms with Gasteiger partial charge in [-0.1, -0.05) is 6.07 Å². The lowest BCUT2D eigenvalue weighted by atomic mass is 10.0. The van der Waals surface area contributed by atoms with Gasteiger partial charge in [-0.25, -0.2) is 4.98 Å². The van der Waals surface area contributed by atoms with Crippen molar-refractivity contribution in [1.82, 2.24) is 9.55 Å². The Labute approximate surface area is 104 Å². The summed E-state index contributed by atoms with van der Waals surface area (Å²) in [5.74, 6) is 2.61. The van der Waals surface area contributed by atoms with Crippen LogP contribution in [-0.2, 0) is 0 Å². The molecule has 1 aromatic carbocycles. The fourth-order valence-corrected chi connectivity index (χ4v) is 2.61. The van der Waals surface area contributed by atoms with Gasteiger partial charge < -0.3 is 19.4 Å². The van der Waals surface area contributed by atoms with Crippen molar-refractivity contribution in [2.75, 3.05) is 18.7 Å². The van der Waals surface area contributed by atoms with Gasteiger partial charge in [0.15, 0.2) is 11.5 Å². The van der Waals surface area contributed by atoms with E-state index in [4.69, 9.17) is 9.47 Å². The number of anilines is 1. The summed E-state index contributed by atoms with van der Waals surface area (Å²) in [5.41, 5.74) is 1.24. The van der Waals surface area contributed by atoms with Crippen LogP contribution >= 0.6 is 0 Å². The molecule has 5 nitrogen and oxygen atoms in total. The summed E-state index contributed by atoms with van der Waals surface area (Å²) in [7, 11) is 0. The van der Waals surface area contributed by atoms with Crippen LogP contribution in [0.4, 0.5) is 5.95 Å². The molecule has 0 fully saturated rings. The number of benzene rings is 1. The van der Waals surface area contributed by atoms with Crippen molar-refractivity contribution in [1.29, 1.82) is 0 Å². The summed E-state index contributed by atoms with van der Waals surface area (Å²) in [6.45, 7) is 1.26. The number of nitrogens with one attached hydrogen (secondary N) is 1. The number of ether oxygens (including phenoxy) is 2. The van der Waals surface area contributed by atoms with Gasteiger partial charge in [-0.2, -0.15) is 0 Å². The molecule has 0 spiro atoms. The minimum absolute atomic E-state index is 0.318. The van der Waals surface area contributed by atoms with E-state index in [2.05, 4.69) is 27.0 Å². The predicted molar refractivity (Wildman–Crippen MR) is 66.0 cm³/mol. The van der Waals surface area contributed by atoms with Crippen LogP contribution in [0.5, 0.6) is 11.5 Å². The lowest BCUT2D eigenvalue weighted by Gasteiger charge is -2.26. The van der Waals surface area contributed by atoms with Gasteiger partial charge in [-0.15, -0.1) is 0 Å². The van der Waals surface area contributed by atoms with E-state index in [1.807, 2.05) is 18.5 Å². The molecule has 1 unspecified atom stereocenters. The van der Waals surface area contributed by atoms with Gasteiger partial charge in [0.1, 0.15) is 0 Å². The van der Waals surface area contributed by atoms with Crippen LogP contribution in [0.25, 0.3) is 0 Å². The predicted octanol–water partition coefficient (Wildman–Crippen LogP) is 2.02. The SMILES string of the molecule is c1cn2c(n1)NCCC2c1ccc2c(c1)OCO2. The van der Waals surface area contributed by atoms with Crippen LogP contribution in [0.3, 0.4) is 0 Å². The molecule has 0 aliphatic carbocycles. The average Bonchev–Trinajstić information content (AvgIpc) is 3.05. The van der Waals surface area contributed by atoms with E-state index in [-0.39, 0.29) is 0 Å². The summed E-state index contributed by atoms with van der Waals surface area (Å²) >= 11 is 0. The van der Waals surface area contributed by atoms with Gasteiger partial charge in [0.2, 0.25) is 12.7 Å². The Balaban J connectivity index is 1.76. The minimum Gasteiger partial charge on any atom is -0.454 e. The molecule has 5 heteroatoms. The van der Waals surface area contributed by atoms with Crippen molar-refractivity contribution in [3.05, 3.63) is 36.2 Å². The lowest BCUT2D eigenvalue weighted by Crippen LogP contribution is -2.23. The van der Waals surface area contributed by atoms with E-state index in [0.29, 0.717) is 12.8 Å². The Bertz CT molecular complexity index is 594. The van der Waals surface area contributed by atoms with Gasteiger partial charge >= 0.3 is 0 Å². The first kappa shape index (κ1) is 9.82. The fraction of sp³-hybridized carbons (Fsp3) is 0.308. The van der Waals surface area contributed by atoms with Crippen LogP contribution in [0, 0.1) is 0 Å². The topological polar surface area (TPSA) is 48.3 Å². The third-order valence-corrected chi connectivity index (χ3v) is 3.49. The molecule has 92 valence electrons. The Morgan fingerprint density at radius 3 is 3.22 bits per heavy atom. The summed E-state index contributed by atoms with van der Waals surface area (Å²) in [6.07, 6.45) is 4.88. The van der Waals surface area contributed by atoms with Gasteiger partial charge in [0.05, 0.1) is 6.04 Å². The molecule has 1 N–H and O–H groups in total. The molecule has 0 saturated heterocycles. The largest absolute Gasteiger partial charge is 0.454 e. The molecule has 3 heterocycles. The third-order valence-electron chi connectivity index (χ3n) is 3.49. The molecule has 0 amide bonds. The highest BCUT2D eigenvalue weighted by Gasteiger charge is 2.23. The third kappa shape index (κ3) is 1.37. The number of nitrogens with zero attached hydrogens (tertiary/aromatic N) is 2. The summed E-state index contributed by atoms with van der Waals surface area (Å²) in [6, 6.07) is 6.48. The second kappa shape index (κ2) is 3.66. The van der Waals surface area contributed by atoms with Crippen molar-refractivity contribution in [3.8, 4) is 11.5 Å². The van der Waals surface area contributed by atoms with Crippen molar-refractivity contribution in [3.63, 3.8) is 0 Å². The molecule has 18 heavy (non-hydrogen) atoms. The maximum atomic E-state index is 5.44. The molecule has 4 rings (SSSR count). The summed E-state index contributed by atoms with van der Waals surface area (Å²) in [5, 5.41) is 3.29. The van der Waals surface area contributed by atoms with Gasteiger partial charge in [0, 0.05) is 18.9 Å². The van der Waals surface area contributed by atoms with E-state index in [1.54, 1.807) is 0 Å². The van der Waals surface area contributed by atoms with Crippen molar-refractivity contribution in [2.24, 2.45) is 0 Å². The van der Waals surface area contributed by atoms with Crippen molar-refractivity contribution >= 4 is 5.95 Å². The number of imidazole rings is 1. The minimum atomic E-state index is 0.318. The second-order valence-electron chi connectivity index (χ2n) is 4.50. The normalized spacial score (nSPS) is 20.3. The molecule has 2 aromatic rings. The first-order chi connectivity index (χ1) is 8.92. The van der Waals surface area contributed by atoms with Gasteiger partial charge in [0.25, 0.3) is 0 Å². The molecule has 1 atom stereocenters. The average molecular weight is 243 g/mol. The standard InChI is InChI=1S/C13H13N3O2/c1-2-11-12(18-8-17-11)7-9(1)10-3-4-14-13-15-5-6-16(10)13/h1-2,5-7,10H,3-4,8H2,(H,14,15). The first-order valence-electron chi connectivity index (χ1n) is 6.08. The first-order valence-corrected chi connectivity index (χ1v) is 6.08. The monoisotopic (exact) mass is 243 g/mol. The van der Waals surface area contributed by atoms with Gasteiger partial charge in [-0.3, -0.25) is 0 Å². The Morgan fingerprint density at radius 2 is 2.22 bits per heavy atom. The van der Waals surface area contributed by atoms with Crippen LogP contribution < -0.4 is 14.8 Å². The Hall–Kier alpha value is -2.17. The Morgan fingerprint density at radius 1 is 1.28 bits per heavy atom. The van der Waals surface area contributed by atoms with E-state index < -0.39 is 0 Å². The highest BCUT2D eigenvalue weighted by atomic mass is 16.7. The molecule has 2 aliphatic heterocycles. The van der Waals surface area contributed by atoms with E-state index in [9.17, 15) is 0 Å². The molecule has 0 saturated carbocycles. The quantitative estimate of drug-likeness (QED) is 0.832. The van der Waals surface area contributed by atoms with E-state index in [1.165, 1.54) is 5.56 Å². The maximum Gasteiger partial charge on any atom is 0.231 e. The fourth-order valence-electron chi connectivity index (χ4n) is 2.61. The van der Waals surface area contributed by atoms with Crippen LogP contribution in [-0.4, -0.2) is 22.9 Å². The molecule has 0 bridgehead atoms. The van der Waals surface area contributed by atoms with Crippen molar-refractivity contribution in [2.45, 2.75) is 12.5 Å². The molecular weight excluding hydrogens is 230 g/mol. The number of hydrogen-bond donors (Lipinski definition) is 1. The van der Waals surface area contributed by atoms with E-state index >= 15 is 0 Å². The molecule has 2 aliphatic rings. The number of rotatable bonds is 1. The van der Waals surface area contributed by atoms with Gasteiger partial charge in [-0.05, 0) is 24.1 Å². The second-order valence-corrected chi connectivity index (χ2v) is 4.50. The van der Waals surface area contributed by atoms with Crippen LogP contribution in [0.15, 0.2) is 30.6 Å². The van der Waals surface area contributed by atoms with Crippen molar-refractivity contribution < 1.29 is 9.47 Å². The summed E-state index contributed by atoms with van der Waals surface area (Å²) in [4.78, 5) is 4.30. The van der Waals surface area contributed by atoms with Crippen LogP contribution in [0.1, 0.15) is 18.0 Å². The molecule has 1 aromatic heterocycles. The summed E-state index contributed by atoms with van der Waals surface area (Å²) < 4.78 is 12.9. The zero-order valence-electron chi connectivity index (χ0n) is 9.80. The molecule has 0 radical (unpaired) electrons. The highest BCUT2D eigenvalue weighted by molar-refractivity contribution is 5.46. The number of hydrogen-bond acceptors (Lipinski definition) is 4. The Kier molecular flexibility index (Phi) is 2.00. The zero-order valence-corrected chi connectivity index (χ0v) is 9.80. The van der Waals surface area contributed by atoms with Crippen LogP contribution in [0.2, 0.25) is 0 Å². The smallest absolute Gasteiger partial charge is 0.231 e. The lowest BCUT2D eigenvalue weighted by molar-refractivity contribution is 0.174. The molecular formula is C13H13N3O2. The highest BCUT2D eigenvalue weighted by Crippen LogP contribution is 2.37.